The molecule has 0 unspecified atom stereocenters. The summed E-state index contributed by atoms with van der Waals surface area (Å²) in [7, 11) is 0. The van der Waals surface area contributed by atoms with Crippen molar-refractivity contribution in [2.75, 3.05) is 6.61 Å². The molecule has 3 rings (SSSR count). The topological polar surface area (TPSA) is 100 Å². The van der Waals surface area contributed by atoms with Crippen molar-refractivity contribution in [3.05, 3.63) is 58.6 Å². The highest BCUT2D eigenvalue weighted by atomic mass is 16.5. The zero-order chi connectivity index (χ0) is 18.8. The highest BCUT2D eigenvalue weighted by Crippen LogP contribution is 2.21. The first-order valence-corrected chi connectivity index (χ1v) is 7.98. The molecule has 26 heavy (non-hydrogen) atoms. The van der Waals surface area contributed by atoms with Crippen LogP contribution in [0.4, 0.5) is 0 Å². The third-order valence-corrected chi connectivity index (χ3v) is 3.90. The Kier molecular flexibility index (Phi) is 4.66. The SMILES string of the molecule is Cc1cnc(C(=O)OCC(=O)c2cc(C)n(-c3cc(C)on3)c2C)cn1. The van der Waals surface area contributed by atoms with Crippen LogP contribution in [0.2, 0.25) is 0 Å². The van der Waals surface area contributed by atoms with Crippen molar-refractivity contribution in [2.24, 2.45) is 0 Å². The molecule has 3 heterocycles. The van der Waals surface area contributed by atoms with Crippen molar-refractivity contribution in [3.8, 4) is 5.82 Å². The van der Waals surface area contributed by atoms with Gasteiger partial charge in [-0.15, -0.1) is 0 Å². The van der Waals surface area contributed by atoms with Crippen LogP contribution >= 0.6 is 0 Å². The number of Topliss-reactive ketones (excluding diaryl/α,β-unsaturated/α-hetero) is 1. The first kappa shape index (κ1) is 17.5. The van der Waals surface area contributed by atoms with Crippen LogP contribution in [0.15, 0.2) is 29.0 Å². The molecule has 0 atom stereocenters. The molecular formula is C18H18N4O4. The van der Waals surface area contributed by atoms with Gasteiger partial charge in [0.25, 0.3) is 0 Å². The third-order valence-electron chi connectivity index (χ3n) is 3.90. The van der Waals surface area contributed by atoms with Gasteiger partial charge in [0.1, 0.15) is 5.76 Å². The standard InChI is InChI=1S/C18H18N4O4/c1-10-7-20-15(8-19-10)18(24)25-9-16(23)14-5-11(2)22(13(14)4)17-6-12(3)26-21-17/h5-8H,9H2,1-4H3. The van der Waals surface area contributed by atoms with Gasteiger partial charge in [0.15, 0.2) is 18.1 Å². The van der Waals surface area contributed by atoms with E-state index in [0.29, 0.717) is 28.5 Å². The van der Waals surface area contributed by atoms with Gasteiger partial charge in [-0.2, -0.15) is 0 Å². The molecule has 0 radical (unpaired) electrons. The van der Waals surface area contributed by atoms with E-state index < -0.39 is 5.97 Å². The van der Waals surface area contributed by atoms with Crippen LogP contribution in [-0.2, 0) is 4.74 Å². The Balaban J connectivity index is 1.74. The van der Waals surface area contributed by atoms with Crippen LogP contribution in [0.3, 0.4) is 0 Å². The van der Waals surface area contributed by atoms with Crippen molar-refractivity contribution in [1.29, 1.82) is 0 Å². The zero-order valence-corrected chi connectivity index (χ0v) is 14.9. The number of nitrogens with zero attached hydrogens (tertiary/aromatic N) is 4. The summed E-state index contributed by atoms with van der Waals surface area (Å²) in [6.45, 7) is 6.84. The number of ether oxygens (including phenoxy) is 1. The van der Waals surface area contributed by atoms with E-state index >= 15 is 0 Å². The van der Waals surface area contributed by atoms with Crippen LogP contribution in [0, 0.1) is 27.7 Å². The summed E-state index contributed by atoms with van der Waals surface area (Å²) in [6, 6.07) is 3.52. The van der Waals surface area contributed by atoms with E-state index in [1.54, 1.807) is 32.9 Å². The number of esters is 1. The summed E-state index contributed by atoms with van der Waals surface area (Å²) in [6.07, 6.45) is 2.78. The summed E-state index contributed by atoms with van der Waals surface area (Å²) >= 11 is 0. The van der Waals surface area contributed by atoms with E-state index in [4.69, 9.17) is 9.26 Å². The van der Waals surface area contributed by atoms with Crippen molar-refractivity contribution >= 4 is 11.8 Å². The molecule has 0 amide bonds. The van der Waals surface area contributed by atoms with E-state index in [-0.39, 0.29) is 18.1 Å². The molecule has 0 aromatic carbocycles. The Labute approximate surface area is 149 Å². The van der Waals surface area contributed by atoms with Gasteiger partial charge in [0.2, 0.25) is 5.78 Å². The van der Waals surface area contributed by atoms with Crippen LogP contribution < -0.4 is 0 Å². The summed E-state index contributed by atoms with van der Waals surface area (Å²) < 4.78 is 12.0. The van der Waals surface area contributed by atoms with Crippen molar-refractivity contribution in [3.63, 3.8) is 0 Å². The smallest absolute Gasteiger partial charge is 0.358 e. The van der Waals surface area contributed by atoms with Gasteiger partial charge in [-0.05, 0) is 33.8 Å². The zero-order valence-electron chi connectivity index (χ0n) is 14.9. The number of hydrogen-bond acceptors (Lipinski definition) is 7. The number of rotatable bonds is 5. The van der Waals surface area contributed by atoms with E-state index in [1.807, 2.05) is 11.5 Å². The number of ketones is 1. The van der Waals surface area contributed by atoms with Gasteiger partial charge in [-0.1, -0.05) is 5.16 Å². The first-order valence-electron chi connectivity index (χ1n) is 7.98. The van der Waals surface area contributed by atoms with Gasteiger partial charge >= 0.3 is 5.97 Å². The van der Waals surface area contributed by atoms with Crippen molar-refractivity contribution in [1.82, 2.24) is 19.7 Å². The first-order chi connectivity index (χ1) is 12.4. The van der Waals surface area contributed by atoms with Crippen LogP contribution in [-0.4, -0.2) is 38.1 Å². The van der Waals surface area contributed by atoms with Crippen molar-refractivity contribution < 1.29 is 18.8 Å². The maximum atomic E-state index is 12.5. The van der Waals surface area contributed by atoms with Crippen molar-refractivity contribution in [2.45, 2.75) is 27.7 Å². The van der Waals surface area contributed by atoms with Gasteiger partial charge in [0, 0.05) is 29.2 Å². The molecule has 0 fully saturated rings. The molecule has 0 aliphatic heterocycles. The lowest BCUT2D eigenvalue weighted by Crippen LogP contribution is -2.16. The predicted molar refractivity (Wildman–Crippen MR) is 91.4 cm³/mol. The lowest BCUT2D eigenvalue weighted by atomic mass is 10.1. The summed E-state index contributed by atoms with van der Waals surface area (Å²) in [5.41, 5.74) is 2.74. The largest absolute Gasteiger partial charge is 0.453 e. The van der Waals surface area contributed by atoms with E-state index in [0.717, 1.165) is 5.69 Å². The second-order valence-electron chi connectivity index (χ2n) is 5.96. The van der Waals surface area contributed by atoms with E-state index in [1.165, 1.54) is 12.4 Å². The van der Waals surface area contributed by atoms with E-state index in [9.17, 15) is 9.59 Å². The molecule has 134 valence electrons. The highest BCUT2D eigenvalue weighted by Gasteiger charge is 2.20. The molecule has 8 nitrogen and oxygen atoms in total. The fraction of sp³-hybridized carbons (Fsp3) is 0.278. The Morgan fingerprint density at radius 3 is 2.50 bits per heavy atom. The second kappa shape index (κ2) is 6.91. The quantitative estimate of drug-likeness (QED) is 0.512. The predicted octanol–water partition coefficient (Wildman–Crippen LogP) is 2.53. The third kappa shape index (κ3) is 3.39. The Morgan fingerprint density at radius 2 is 1.88 bits per heavy atom. The normalized spacial score (nSPS) is 10.8. The minimum atomic E-state index is -0.688. The van der Waals surface area contributed by atoms with Gasteiger partial charge < -0.3 is 9.26 Å². The number of hydrogen-bond donors (Lipinski definition) is 0. The molecule has 3 aromatic rings. The average molecular weight is 354 g/mol. The summed E-state index contributed by atoms with van der Waals surface area (Å²) in [4.78, 5) is 32.4. The van der Waals surface area contributed by atoms with Crippen LogP contribution in [0.25, 0.3) is 5.82 Å². The van der Waals surface area contributed by atoms with Gasteiger partial charge in [-0.25, -0.2) is 9.78 Å². The molecule has 0 N–H and O–H groups in total. The minimum Gasteiger partial charge on any atom is -0.453 e. The molecule has 0 aliphatic rings. The molecule has 0 saturated carbocycles. The lowest BCUT2D eigenvalue weighted by Gasteiger charge is -2.06. The Morgan fingerprint density at radius 1 is 1.12 bits per heavy atom. The Hall–Kier alpha value is -3.29. The summed E-state index contributed by atoms with van der Waals surface area (Å²) in [5, 5.41) is 3.98. The number of aryl methyl sites for hydroxylation is 3. The molecular weight excluding hydrogens is 336 g/mol. The molecule has 0 aliphatic carbocycles. The molecule has 0 spiro atoms. The van der Waals surface area contributed by atoms with Gasteiger partial charge in [-0.3, -0.25) is 14.3 Å². The number of aromatic nitrogens is 4. The monoisotopic (exact) mass is 354 g/mol. The second-order valence-corrected chi connectivity index (χ2v) is 5.96. The maximum Gasteiger partial charge on any atom is 0.358 e. The lowest BCUT2D eigenvalue weighted by molar-refractivity contribution is 0.0468. The molecule has 8 heteroatoms. The molecule has 3 aromatic heterocycles. The van der Waals surface area contributed by atoms with Gasteiger partial charge in [0.05, 0.1) is 11.9 Å². The highest BCUT2D eigenvalue weighted by molar-refractivity contribution is 6.00. The van der Waals surface area contributed by atoms with Crippen LogP contribution in [0.1, 0.15) is 43.7 Å². The Bertz CT molecular complexity index is 970. The maximum absolute atomic E-state index is 12.5. The average Bonchev–Trinajstić information content (AvgIpc) is 3.15. The number of carbonyl (C=O) groups excluding carboxylic acids is 2. The summed E-state index contributed by atoms with van der Waals surface area (Å²) in [5.74, 6) is 0.279. The number of carbonyl (C=O) groups is 2. The van der Waals surface area contributed by atoms with Crippen LogP contribution in [0.5, 0.6) is 0 Å². The fourth-order valence-corrected chi connectivity index (χ4v) is 2.64. The molecule has 0 bridgehead atoms. The van der Waals surface area contributed by atoms with E-state index in [2.05, 4.69) is 15.1 Å². The fourth-order valence-electron chi connectivity index (χ4n) is 2.64. The molecule has 0 saturated heterocycles. The minimum absolute atomic E-state index is 0.0620.